The Morgan fingerprint density at radius 2 is 1.04 bits per heavy atom. The molecule has 0 N–H and O–H groups in total. The van der Waals surface area contributed by atoms with Gasteiger partial charge >= 0.3 is 0 Å². The van der Waals surface area contributed by atoms with E-state index >= 15 is 4.39 Å². The summed E-state index contributed by atoms with van der Waals surface area (Å²) in [5.74, 6) is 1.21. The molecule has 252 valence electrons. The van der Waals surface area contributed by atoms with Gasteiger partial charge in [-0.2, -0.15) is 10.5 Å². The lowest BCUT2D eigenvalue weighted by atomic mass is 9.97. The lowest BCUT2D eigenvalue weighted by Gasteiger charge is -2.17. The molecule has 0 aliphatic heterocycles. The number of nitriles is 2. The van der Waals surface area contributed by atoms with Gasteiger partial charge in [0.15, 0.2) is 17.5 Å². The van der Waals surface area contributed by atoms with Crippen molar-refractivity contribution in [1.29, 1.82) is 10.5 Å². The second kappa shape index (κ2) is 13.4. The highest BCUT2D eigenvalue weighted by Crippen LogP contribution is 2.40. The van der Waals surface area contributed by atoms with Gasteiger partial charge in [0.1, 0.15) is 5.82 Å². The second-order valence-electron chi connectivity index (χ2n) is 12.8. The first-order valence-electron chi connectivity index (χ1n) is 17.3. The molecular weight excluding hydrogens is 668 g/mol. The van der Waals surface area contributed by atoms with Crippen LogP contribution in [-0.2, 0) is 0 Å². The first-order chi connectivity index (χ1) is 26.6. The van der Waals surface area contributed by atoms with Gasteiger partial charge in [-0.3, -0.25) is 0 Å². The van der Waals surface area contributed by atoms with Crippen LogP contribution in [0, 0.1) is 28.5 Å². The molecule has 2 heterocycles. The van der Waals surface area contributed by atoms with Crippen molar-refractivity contribution in [2.24, 2.45) is 0 Å². The second-order valence-corrected chi connectivity index (χ2v) is 12.8. The van der Waals surface area contributed by atoms with Gasteiger partial charge in [0.25, 0.3) is 0 Å². The lowest BCUT2D eigenvalue weighted by molar-refractivity contribution is 0.631. The minimum atomic E-state index is -0.323. The Hall–Kier alpha value is -7.74. The average Bonchev–Trinajstić information content (AvgIpc) is 3.57. The standard InChI is InChI=1S/C47H27FN6/c48-41-17-9-7-15-37(41)34-20-23-39(47-52-45(31-11-3-1-4-12-31)51-46(53-47)32-13-5-2-6-14-32)44(27-34)54-42-18-10-8-16-38(42)40-26-33(21-24-43(40)54)36-22-19-30(28-49)25-35(36)29-50/h1-27H. The minimum absolute atomic E-state index is 0.323. The molecule has 0 saturated heterocycles. The quantitative estimate of drug-likeness (QED) is 0.173. The smallest absolute Gasteiger partial charge is 0.166 e. The van der Waals surface area contributed by atoms with E-state index in [1.807, 2.05) is 115 Å². The Kier molecular flexibility index (Phi) is 8.00. The van der Waals surface area contributed by atoms with Crippen LogP contribution in [0.5, 0.6) is 0 Å². The summed E-state index contributed by atoms with van der Waals surface area (Å²) < 4.78 is 17.6. The molecule has 0 aliphatic rings. The molecular formula is C47H27FN6. The zero-order chi connectivity index (χ0) is 36.6. The summed E-state index contributed by atoms with van der Waals surface area (Å²) in [6, 6.07) is 56.1. The molecule has 0 aliphatic carbocycles. The first kappa shape index (κ1) is 32.2. The van der Waals surface area contributed by atoms with Crippen LogP contribution in [0.4, 0.5) is 4.39 Å². The van der Waals surface area contributed by atoms with E-state index in [-0.39, 0.29) is 5.82 Å². The Balaban J connectivity index is 1.34. The number of hydrogen-bond donors (Lipinski definition) is 0. The molecule has 0 amide bonds. The van der Waals surface area contributed by atoms with E-state index in [4.69, 9.17) is 15.0 Å². The zero-order valence-corrected chi connectivity index (χ0v) is 28.6. The average molecular weight is 695 g/mol. The Morgan fingerprint density at radius 1 is 0.444 bits per heavy atom. The molecule has 0 radical (unpaired) electrons. The summed E-state index contributed by atoms with van der Waals surface area (Å²) in [6.07, 6.45) is 0. The maximum atomic E-state index is 15.4. The monoisotopic (exact) mass is 694 g/mol. The van der Waals surface area contributed by atoms with E-state index in [2.05, 4.69) is 34.9 Å². The van der Waals surface area contributed by atoms with Crippen molar-refractivity contribution in [3.05, 3.63) is 181 Å². The van der Waals surface area contributed by atoms with Crippen molar-refractivity contribution in [2.75, 3.05) is 0 Å². The molecule has 0 fully saturated rings. The Labute approximate surface area is 310 Å². The van der Waals surface area contributed by atoms with Crippen LogP contribution in [-0.4, -0.2) is 19.5 Å². The van der Waals surface area contributed by atoms with E-state index in [1.165, 1.54) is 6.07 Å². The molecule has 9 aromatic rings. The highest BCUT2D eigenvalue weighted by atomic mass is 19.1. The third-order valence-corrected chi connectivity index (χ3v) is 9.62. The van der Waals surface area contributed by atoms with Crippen molar-refractivity contribution in [3.63, 3.8) is 0 Å². The van der Waals surface area contributed by atoms with Gasteiger partial charge in [-0.05, 0) is 65.2 Å². The van der Waals surface area contributed by atoms with E-state index in [0.717, 1.165) is 55.3 Å². The SMILES string of the molecule is N#Cc1ccc(-c2ccc3c(c2)c2ccccc2n3-c2cc(-c3ccccc3F)ccc2-c2nc(-c3ccccc3)nc(-c3ccccc3)n2)c(C#N)c1. The van der Waals surface area contributed by atoms with Gasteiger partial charge < -0.3 is 4.57 Å². The van der Waals surface area contributed by atoms with Crippen LogP contribution in [0.2, 0.25) is 0 Å². The predicted octanol–water partition coefficient (Wildman–Crippen LogP) is 11.2. The van der Waals surface area contributed by atoms with Crippen LogP contribution in [0.25, 0.3) is 83.9 Å². The number of aromatic nitrogens is 4. The van der Waals surface area contributed by atoms with E-state index in [1.54, 1.807) is 24.3 Å². The fourth-order valence-corrected chi connectivity index (χ4v) is 7.06. The van der Waals surface area contributed by atoms with Crippen LogP contribution in [0.15, 0.2) is 164 Å². The maximum absolute atomic E-state index is 15.4. The van der Waals surface area contributed by atoms with Gasteiger partial charge in [0.2, 0.25) is 0 Å². The van der Waals surface area contributed by atoms with Gasteiger partial charge in [-0.1, -0.05) is 115 Å². The maximum Gasteiger partial charge on any atom is 0.166 e. The molecule has 54 heavy (non-hydrogen) atoms. The van der Waals surface area contributed by atoms with Crippen molar-refractivity contribution < 1.29 is 4.39 Å². The highest BCUT2D eigenvalue weighted by molar-refractivity contribution is 6.11. The third-order valence-electron chi connectivity index (χ3n) is 9.62. The summed E-state index contributed by atoms with van der Waals surface area (Å²) >= 11 is 0. The largest absolute Gasteiger partial charge is 0.308 e. The van der Waals surface area contributed by atoms with Gasteiger partial charge in [0.05, 0.1) is 40.0 Å². The predicted molar refractivity (Wildman–Crippen MR) is 211 cm³/mol. The van der Waals surface area contributed by atoms with Crippen molar-refractivity contribution in [3.8, 4) is 74.2 Å². The summed E-state index contributed by atoms with van der Waals surface area (Å²) in [5, 5.41) is 21.4. The normalized spacial score (nSPS) is 11.0. The number of benzene rings is 7. The molecule has 9 rings (SSSR count). The lowest BCUT2D eigenvalue weighted by Crippen LogP contribution is -2.04. The molecule has 0 bridgehead atoms. The number of nitrogens with zero attached hydrogens (tertiary/aromatic N) is 6. The first-order valence-corrected chi connectivity index (χ1v) is 17.3. The van der Waals surface area contributed by atoms with Gasteiger partial charge in [-0.25, -0.2) is 19.3 Å². The number of rotatable bonds is 6. The summed E-state index contributed by atoms with van der Waals surface area (Å²) in [5.41, 5.74) is 8.65. The number of fused-ring (bicyclic) bond motifs is 3. The number of halogens is 1. The van der Waals surface area contributed by atoms with Crippen LogP contribution in [0.1, 0.15) is 11.1 Å². The molecule has 0 unspecified atom stereocenters. The Bertz CT molecular complexity index is 2920. The number of para-hydroxylation sites is 1. The van der Waals surface area contributed by atoms with Crippen molar-refractivity contribution in [1.82, 2.24) is 19.5 Å². The van der Waals surface area contributed by atoms with E-state index in [0.29, 0.717) is 39.7 Å². The minimum Gasteiger partial charge on any atom is -0.308 e. The van der Waals surface area contributed by atoms with Gasteiger partial charge in [0, 0.05) is 33.0 Å². The molecule has 0 spiro atoms. The summed E-state index contributed by atoms with van der Waals surface area (Å²) in [7, 11) is 0. The third kappa shape index (κ3) is 5.63. The van der Waals surface area contributed by atoms with Crippen LogP contribution < -0.4 is 0 Å². The van der Waals surface area contributed by atoms with Crippen molar-refractivity contribution >= 4 is 21.8 Å². The highest BCUT2D eigenvalue weighted by Gasteiger charge is 2.21. The Morgan fingerprint density at radius 3 is 1.74 bits per heavy atom. The van der Waals surface area contributed by atoms with Crippen LogP contribution in [0.3, 0.4) is 0 Å². The molecule has 7 aromatic carbocycles. The topological polar surface area (TPSA) is 91.2 Å². The molecule has 0 atom stereocenters. The number of hydrogen-bond acceptors (Lipinski definition) is 5. The van der Waals surface area contributed by atoms with Gasteiger partial charge in [-0.15, -0.1) is 0 Å². The van der Waals surface area contributed by atoms with E-state index in [9.17, 15) is 10.5 Å². The van der Waals surface area contributed by atoms with E-state index < -0.39 is 0 Å². The summed E-state index contributed by atoms with van der Waals surface area (Å²) in [4.78, 5) is 15.1. The summed E-state index contributed by atoms with van der Waals surface area (Å²) in [6.45, 7) is 0. The fourth-order valence-electron chi connectivity index (χ4n) is 7.06. The van der Waals surface area contributed by atoms with Crippen molar-refractivity contribution in [2.45, 2.75) is 0 Å². The van der Waals surface area contributed by atoms with Crippen LogP contribution >= 0.6 is 0 Å². The molecule has 2 aromatic heterocycles. The molecule has 0 saturated carbocycles. The molecule has 6 nitrogen and oxygen atoms in total. The fraction of sp³-hybridized carbons (Fsp3) is 0. The molecule has 7 heteroatoms. The zero-order valence-electron chi connectivity index (χ0n) is 28.6.